The maximum absolute atomic E-state index is 2.39. The number of aryl methyl sites for hydroxylation is 1. The molecule has 1 aliphatic rings. The van der Waals surface area contributed by atoms with Crippen LogP contribution >= 0.6 is 28.7 Å². The fraction of sp³-hybridized carbons (Fsp3) is 0.167. The molecule has 2 nitrogen and oxygen atoms in total. The minimum Gasteiger partial charge on any atom is -0.224 e. The van der Waals surface area contributed by atoms with Gasteiger partial charge in [0.1, 0.15) is 11.9 Å². The predicted molar refractivity (Wildman–Crippen MR) is 97.1 cm³/mol. The number of fused-ring (bicyclic) bond motifs is 1. The average molecular weight is 374 g/mol. The molecule has 1 aromatic heterocycles. The van der Waals surface area contributed by atoms with Crippen molar-refractivity contribution in [1.82, 2.24) is 4.57 Å². The summed E-state index contributed by atoms with van der Waals surface area (Å²) in [5.74, 6) is 1.20. The molecule has 3 aromatic rings. The SMILES string of the molecule is Br.c1ccc(-c2c[n+]3c(n2-c2ccccc2)SCCC3)cc1. The summed E-state index contributed by atoms with van der Waals surface area (Å²) in [6.07, 6.45) is 3.54. The Balaban J connectivity index is 0.00000144. The Morgan fingerprint density at radius 3 is 2.32 bits per heavy atom. The summed E-state index contributed by atoms with van der Waals surface area (Å²) < 4.78 is 4.78. The lowest BCUT2D eigenvalue weighted by molar-refractivity contribution is -0.734. The molecule has 4 rings (SSSR count). The molecule has 4 heteroatoms. The number of halogens is 1. The smallest absolute Gasteiger partial charge is 0.224 e. The largest absolute Gasteiger partial charge is 0.323 e. The van der Waals surface area contributed by atoms with E-state index in [0.717, 1.165) is 6.54 Å². The summed E-state index contributed by atoms with van der Waals surface area (Å²) in [5.41, 5.74) is 3.77. The van der Waals surface area contributed by atoms with Crippen LogP contribution in [-0.4, -0.2) is 10.3 Å². The molecule has 0 saturated carbocycles. The topological polar surface area (TPSA) is 8.81 Å². The number of para-hydroxylation sites is 1. The highest BCUT2D eigenvalue weighted by Crippen LogP contribution is 2.30. The lowest BCUT2D eigenvalue weighted by atomic mass is 10.1. The summed E-state index contributed by atoms with van der Waals surface area (Å²) in [6.45, 7) is 1.11. The number of rotatable bonds is 2. The zero-order chi connectivity index (χ0) is 14.1. The van der Waals surface area contributed by atoms with E-state index in [-0.39, 0.29) is 17.0 Å². The number of aromatic nitrogens is 2. The standard InChI is InChI=1S/C18H17N2S.BrH/c1-3-8-15(9-4-1)17-14-19-12-7-13-21-18(19)20(17)16-10-5-2-6-11-16;/h1-6,8-11,14H,7,12-13H2;1H/q+1;. The molecular weight excluding hydrogens is 356 g/mol. The monoisotopic (exact) mass is 373 g/mol. The van der Waals surface area contributed by atoms with E-state index < -0.39 is 0 Å². The van der Waals surface area contributed by atoms with Crippen LogP contribution in [0.4, 0.5) is 0 Å². The van der Waals surface area contributed by atoms with Gasteiger partial charge in [0.2, 0.25) is 0 Å². The van der Waals surface area contributed by atoms with E-state index in [9.17, 15) is 0 Å². The fourth-order valence-corrected chi connectivity index (χ4v) is 3.94. The van der Waals surface area contributed by atoms with Crippen molar-refractivity contribution in [2.45, 2.75) is 18.1 Å². The molecule has 0 N–H and O–H groups in total. The number of hydrogen-bond acceptors (Lipinski definition) is 1. The van der Waals surface area contributed by atoms with Gasteiger partial charge >= 0.3 is 5.16 Å². The van der Waals surface area contributed by atoms with E-state index >= 15 is 0 Å². The summed E-state index contributed by atoms with van der Waals surface area (Å²) >= 11 is 1.95. The maximum atomic E-state index is 2.39. The van der Waals surface area contributed by atoms with Crippen LogP contribution in [0.5, 0.6) is 0 Å². The Morgan fingerprint density at radius 1 is 0.909 bits per heavy atom. The second-order valence-electron chi connectivity index (χ2n) is 5.23. The molecule has 2 aromatic carbocycles. The van der Waals surface area contributed by atoms with E-state index in [0.29, 0.717) is 0 Å². The number of hydrogen-bond donors (Lipinski definition) is 0. The summed E-state index contributed by atoms with van der Waals surface area (Å²) in [4.78, 5) is 0. The van der Waals surface area contributed by atoms with Gasteiger partial charge in [0, 0.05) is 11.3 Å². The van der Waals surface area contributed by atoms with Crippen molar-refractivity contribution in [1.29, 1.82) is 0 Å². The molecule has 0 fully saturated rings. The van der Waals surface area contributed by atoms with Crippen molar-refractivity contribution in [3.63, 3.8) is 0 Å². The first-order valence-electron chi connectivity index (χ1n) is 7.32. The van der Waals surface area contributed by atoms with Gasteiger partial charge in [-0.15, -0.1) is 17.0 Å². The third-order valence-corrected chi connectivity index (χ3v) is 4.98. The van der Waals surface area contributed by atoms with E-state index in [1.807, 2.05) is 11.8 Å². The van der Waals surface area contributed by atoms with E-state index in [1.54, 1.807) is 0 Å². The Bertz CT molecular complexity index is 754. The molecular formula is C18H18BrN2S+. The van der Waals surface area contributed by atoms with E-state index in [2.05, 4.69) is 76.0 Å². The van der Waals surface area contributed by atoms with Gasteiger partial charge in [0.15, 0.2) is 5.69 Å². The summed E-state index contributed by atoms with van der Waals surface area (Å²) in [6, 6.07) is 21.3. The van der Waals surface area contributed by atoms with Crippen LogP contribution in [0.2, 0.25) is 0 Å². The summed E-state index contributed by atoms with van der Waals surface area (Å²) in [5, 5.41) is 1.34. The third-order valence-electron chi connectivity index (χ3n) is 3.81. The van der Waals surface area contributed by atoms with Crippen molar-refractivity contribution < 1.29 is 4.57 Å². The van der Waals surface area contributed by atoms with Crippen LogP contribution in [-0.2, 0) is 6.54 Å². The van der Waals surface area contributed by atoms with Crippen molar-refractivity contribution in [2.24, 2.45) is 0 Å². The zero-order valence-corrected chi connectivity index (χ0v) is 14.7. The van der Waals surface area contributed by atoms with Crippen LogP contribution in [0.3, 0.4) is 0 Å². The average Bonchev–Trinajstić information content (AvgIpc) is 2.96. The number of thioether (sulfide) groups is 1. The van der Waals surface area contributed by atoms with Crippen molar-refractivity contribution in [3.05, 3.63) is 66.9 Å². The molecule has 0 amide bonds. The molecule has 1 aliphatic heterocycles. The quantitative estimate of drug-likeness (QED) is 0.600. The highest BCUT2D eigenvalue weighted by atomic mass is 79.9. The predicted octanol–water partition coefficient (Wildman–Crippen LogP) is 4.51. The fourth-order valence-electron chi connectivity index (χ4n) is 2.84. The Morgan fingerprint density at radius 2 is 1.59 bits per heavy atom. The first-order chi connectivity index (χ1) is 10.4. The Labute approximate surface area is 145 Å². The van der Waals surface area contributed by atoms with Crippen LogP contribution in [0.25, 0.3) is 16.9 Å². The number of nitrogens with zero attached hydrogens (tertiary/aromatic N) is 2. The van der Waals surface area contributed by atoms with Gasteiger partial charge in [0.05, 0.1) is 6.54 Å². The van der Waals surface area contributed by atoms with Crippen LogP contribution < -0.4 is 4.57 Å². The number of imidazole rings is 1. The lowest BCUT2D eigenvalue weighted by Crippen LogP contribution is -2.37. The molecule has 0 bridgehead atoms. The second-order valence-corrected chi connectivity index (χ2v) is 6.29. The van der Waals surface area contributed by atoms with Gasteiger partial charge in [-0.1, -0.05) is 48.5 Å². The molecule has 0 aliphatic carbocycles. The van der Waals surface area contributed by atoms with Gasteiger partial charge in [-0.2, -0.15) is 4.57 Å². The minimum atomic E-state index is 0. The van der Waals surface area contributed by atoms with E-state index in [1.165, 1.54) is 34.3 Å². The third kappa shape index (κ3) is 2.73. The van der Waals surface area contributed by atoms with Gasteiger partial charge in [-0.25, -0.2) is 4.57 Å². The molecule has 0 saturated heterocycles. The van der Waals surface area contributed by atoms with Gasteiger partial charge in [0.25, 0.3) is 0 Å². The summed E-state index contributed by atoms with van der Waals surface area (Å²) in [7, 11) is 0. The molecule has 2 heterocycles. The van der Waals surface area contributed by atoms with Gasteiger partial charge in [-0.05, 0) is 30.3 Å². The van der Waals surface area contributed by atoms with Gasteiger partial charge < -0.3 is 0 Å². The molecule has 112 valence electrons. The molecule has 22 heavy (non-hydrogen) atoms. The first-order valence-corrected chi connectivity index (χ1v) is 8.31. The number of benzene rings is 2. The normalized spacial score (nSPS) is 13.3. The Kier molecular flexibility index (Phi) is 4.69. The minimum absolute atomic E-state index is 0. The van der Waals surface area contributed by atoms with Crippen LogP contribution in [0.15, 0.2) is 72.0 Å². The molecule has 0 atom stereocenters. The van der Waals surface area contributed by atoms with Crippen LogP contribution in [0.1, 0.15) is 6.42 Å². The second kappa shape index (κ2) is 6.71. The maximum Gasteiger partial charge on any atom is 0.323 e. The van der Waals surface area contributed by atoms with Crippen molar-refractivity contribution in [3.8, 4) is 16.9 Å². The molecule has 0 unspecified atom stereocenters. The highest BCUT2D eigenvalue weighted by molar-refractivity contribution is 8.93. The first kappa shape index (κ1) is 15.4. The van der Waals surface area contributed by atoms with E-state index in [4.69, 9.17) is 0 Å². The van der Waals surface area contributed by atoms with Crippen molar-refractivity contribution >= 4 is 28.7 Å². The van der Waals surface area contributed by atoms with Gasteiger partial charge in [-0.3, -0.25) is 0 Å². The molecule has 0 spiro atoms. The molecule has 0 radical (unpaired) electrons. The van der Waals surface area contributed by atoms with Crippen LogP contribution in [0, 0.1) is 0 Å². The Hall–Kier alpha value is -1.52. The lowest BCUT2D eigenvalue weighted by Gasteiger charge is -2.09. The highest BCUT2D eigenvalue weighted by Gasteiger charge is 2.28. The zero-order valence-electron chi connectivity index (χ0n) is 12.2. The van der Waals surface area contributed by atoms with Crippen molar-refractivity contribution in [2.75, 3.05) is 5.75 Å².